The van der Waals surface area contributed by atoms with Crippen LogP contribution in [0.25, 0.3) is 0 Å². The zero-order chi connectivity index (χ0) is 38.4. The molecule has 3 atom stereocenters. The van der Waals surface area contributed by atoms with Crippen LogP contribution in [0.1, 0.15) is 64.2 Å². The van der Waals surface area contributed by atoms with Gasteiger partial charge < -0.3 is 14.6 Å². The van der Waals surface area contributed by atoms with E-state index in [1.807, 2.05) is 0 Å². The number of hydrogen-bond donors (Lipinski definition) is 1. The Hall–Kier alpha value is -1.93. The molecule has 290 valence electrons. The Kier molecular flexibility index (Phi) is 10.1. The fourth-order valence-corrected chi connectivity index (χ4v) is 9.21. The summed E-state index contributed by atoms with van der Waals surface area (Å²) in [5.41, 5.74) is -18.3. The van der Waals surface area contributed by atoms with E-state index in [2.05, 4.69) is 0 Å². The molecule has 3 fully saturated rings. The van der Waals surface area contributed by atoms with Gasteiger partial charge in [-0.25, -0.2) is 0 Å². The standard InChI is InChI=1S/C29H30F18O3/c30-24(31,32)21(25(33,34)35,15-3-7-17(8-4-15)22(49,26(36,37)38)27(39,40)41)16-5-9-18(10-6-16)23(28(42,43)44,29(45,46)47)50-20(13-48)12-14-1-2-19(20)11-14/h1-2,13-19,49H,3-12H2. The molecule has 0 aliphatic heterocycles. The first kappa shape index (κ1) is 40.8. The second-order valence-corrected chi connectivity index (χ2v) is 13.8. The Labute approximate surface area is 271 Å². The minimum absolute atomic E-state index is 0.0530. The molecule has 0 aromatic rings. The molecule has 4 aliphatic rings. The average Bonchev–Trinajstić information content (AvgIpc) is 3.55. The minimum atomic E-state index is -6.44. The smallest absolute Gasteiger partial charge is 0.373 e. The van der Waals surface area contributed by atoms with E-state index in [-0.39, 0.29) is 12.7 Å². The van der Waals surface area contributed by atoms with Crippen LogP contribution in [0.2, 0.25) is 0 Å². The van der Waals surface area contributed by atoms with Crippen LogP contribution in [0.4, 0.5) is 79.0 Å². The van der Waals surface area contributed by atoms with E-state index < -0.39 is 153 Å². The van der Waals surface area contributed by atoms with E-state index in [0.29, 0.717) is 0 Å². The van der Waals surface area contributed by atoms with Crippen molar-refractivity contribution in [3.63, 3.8) is 0 Å². The lowest BCUT2D eigenvalue weighted by Crippen LogP contribution is -2.68. The highest BCUT2D eigenvalue weighted by molar-refractivity contribution is 5.66. The van der Waals surface area contributed by atoms with Gasteiger partial charge in [0.1, 0.15) is 5.60 Å². The number of aliphatic hydroxyl groups is 1. The number of hydrogen-bond acceptors (Lipinski definition) is 3. The SMILES string of the molecule is O=CC1(OC(C2CCC(C(C3CCC(C(O)(C(F)(F)F)C(F)(F)F)CC3)(C(F)(F)F)C(F)(F)F)CC2)(C(F)(F)F)C(F)(F)F)CC2C=CC1C2. The number of rotatable bonds is 7. The molecule has 4 rings (SSSR count). The molecule has 0 spiro atoms. The van der Waals surface area contributed by atoms with E-state index in [1.54, 1.807) is 0 Å². The number of carbonyl (C=O) groups excluding carboxylic acids is 1. The monoisotopic (exact) mass is 768 g/mol. The molecule has 0 aromatic heterocycles. The van der Waals surface area contributed by atoms with Gasteiger partial charge in [0, 0.05) is 17.8 Å². The van der Waals surface area contributed by atoms with E-state index in [9.17, 15) is 88.9 Å². The third kappa shape index (κ3) is 5.98. The molecule has 0 aromatic carbocycles. The summed E-state index contributed by atoms with van der Waals surface area (Å²) in [6.45, 7) is 0. The van der Waals surface area contributed by atoms with Crippen molar-refractivity contribution in [2.75, 3.05) is 0 Å². The Morgan fingerprint density at radius 2 is 0.920 bits per heavy atom. The molecule has 3 unspecified atom stereocenters. The van der Waals surface area contributed by atoms with Gasteiger partial charge >= 0.3 is 37.1 Å². The second-order valence-electron chi connectivity index (χ2n) is 13.8. The maximum atomic E-state index is 14.8. The summed E-state index contributed by atoms with van der Waals surface area (Å²) in [4.78, 5) is 12.0. The van der Waals surface area contributed by atoms with Crippen molar-refractivity contribution in [3.05, 3.63) is 12.2 Å². The molecule has 0 radical (unpaired) electrons. The zero-order valence-electron chi connectivity index (χ0n) is 25.3. The van der Waals surface area contributed by atoms with E-state index in [4.69, 9.17) is 4.74 Å². The molecular formula is C29H30F18O3. The van der Waals surface area contributed by atoms with Crippen molar-refractivity contribution in [1.29, 1.82) is 0 Å². The number of alkyl halides is 18. The van der Waals surface area contributed by atoms with Crippen LogP contribution in [-0.2, 0) is 9.53 Å². The van der Waals surface area contributed by atoms with Crippen molar-refractivity contribution in [3.8, 4) is 0 Å². The summed E-state index contributed by atoms with van der Waals surface area (Å²) in [7, 11) is 0. The first-order chi connectivity index (χ1) is 22.4. The molecule has 3 saturated carbocycles. The van der Waals surface area contributed by atoms with Crippen molar-refractivity contribution in [1.82, 2.24) is 0 Å². The molecule has 4 aliphatic carbocycles. The highest BCUT2D eigenvalue weighted by atomic mass is 19.4. The third-order valence-electron chi connectivity index (χ3n) is 11.5. The molecule has 0 heterocycles. The molecule has 21 heteroatoms. The third-order valence-corrected chi connectivity index (χ3v) is 11.5. The highest BCUT2D eigenvalue weighted by Gasteiger charge is 2.81. The van der Waals surface area contributed by atoms with Gasteiger partial charge in [0.2, 0.25) is 0 Å². The normalized spacial score (nSPS) is 32.5. The van der Waals surface area contributed by atoms with Crippen LogP contribution >= 0.6 is 0 Å². The van der Waals surface area contributed by atoms with E-state index in [0.717, 1.165) is 0 Å². The minimum Gasteiger partial charge on any atom is -0.373 e. The molecule has 3 nitrogen and oxygen atoms in total. The fourth-order valence-electron chi connectivity index (χ4n) is 9.21. The topological polar surface area (TPSA) is 46.5 Å². The molecule has 50 heavy (non-hydrogen) atoms. The number of allylic oxidation sites excluding steroid dienone is 1. The summed E-state index contributed by atoms with van der Waals surface area (Å²) in [5, 5.41) is 9.66. The predicted molar refractivity (Wildman–Crippen MR) is 133 cm³/mol. The van der Waals surface area contributed by atoms with Crippen molar-refractivity contribution in [2.45, 2.75) is 118 Å². The Morgan fingerprint density at radius 3 is 1.20 bits per heavy atom. The number of aldehydes is 1. The largest absolute Gasteiger partial charge is 0.426 e. The quantitative estimate of drug-likeness (QED) is 0.160. The lowest BCUT2D eigenvalue weighted by molar-refractivity contribution is -0.421. The van der Waals surface area contributed by atoms with Crippen LogP contribution in [0, 0.1) is 40.9 Å². The lowest BCUT2D eigenvalue weighted by Gasteiger charge is -2.54. The average molecular weight is 769 g/mol. The predicted octanol–water partition coefficient (Wildman–Crippen LogP) is 9.98. The first-order valence-electron chi connectivity index (χ1n) is 15.3. The molecule has 1 N–H and O–H groups in total. The number of ether oxygens (including phenoxy) is 1. The van der Waals surface area contributed by atoms with Crippen LogP contribution < -0.4 is 0 Å². The van der Waals surface area contributed by atoms with Gasteiger partial charge in [-0.3, -0.25) is 0 Å². The van der Waals surface area contributed by atoms with Gasteiger partial charge in [0.15, 0.2) is 11.7 Å². The van der Waals surface area contributed by atoms with Crippen molar-refractivity contribution >= 4 is 6.29 Å². The van der Waals surface area contributed by atoms with Gasteiger partial charge in [0.05, 0.1) is 0 Å². The Balaban J connectivity index is 1.70. The molecule has 2 bridgehead atoms. The summed E-state index contributed by atoms with van der Waals surface area (Å²) in [5.74, 6) is -13.3. The van der Waals surface area contributed by atoms with Crippen LogP contribution in [0.5, 0.6) is 0 Å². The van der Waals surface area contributed by atoms with Gasteiger partial charge in [-0.15, -0.1) is 0 Å². The number of fused-ring (bicyclic) bond motifs is 2. The fraction of sp³-hybridized carbons (Fsp3) is 0.897. The van der Waals surface area contributed by atoms with E-state index in [1.165, 1.54) is 12.2 Å². The van der Waals surface area contributed by atoms with Crippen molar-refractivity contribution < 1.29 is 93.7 Å². The molecular weight excluding hydrogens is 738 g/mol. The summed E-state index contributed by atoms with van der Waals surface area (Å²) >= 11 is 0. The lowest BCUT2D eigenvalue weighted by atomic mass is 9.54. The van der Waals surface area contributed by atoms with Gasteiger partial charge in [-0.1, -0.05) is 12.2 Å². The van der Waals surface area contributed by atoms with Gasteiger partial charge in [-0.2, -0.15) is 79.0 Å². The second kappa shape index (κ2) is 12.3. The highest BCUT2D eigenvalue weighted by Crippen LogP contribution is 2.68. The Morgan fingerprint density at radius 1 is 0.540 bits per heavy atom. The van der Waals surface area contributed by atoms with Crippen LogP contribution in [0.3, 0.4) is 0 Å². The summed E-state index contributed by atoms with van der Waals surface area (Å²) < 4.78 is 261. The number of halogens is 18. The van der Waals surface area contributed by atoms with Gasteiger partial charge in [-0.05, 0) is 82.0 Å². The van der Waals surface area contributed by atoms with Crippen LogP contribution in [0.15, 0.2) is 12.2 Å². The van der Waals surface area contributed by atoms with Crippen molar-refractivity contribution in [2.24, 2.45) is 40.9 Å². The van der Waals surface area contributed by atoms with Crippen LogP contribution in [-0.4, -0.2) is 65.3 Å². The molecule has 0 saturated heterocycles. The summed E-state index contributed by atoms with van der Waals surface area (Å²) in [6, 6.07) is 0. The molecule has 0 amide bonds. The number of carbonyl (C=O) groups is 1. The Bertz CT molecular complexity index is 1210. The maximum Gasteiger partial charge on any atom is 0.426 e. The van der Waals surface area contributed by atoms with Gasteiger partial charge in [0.25, 0.3) is 11.2 Å². The van der Waals surface area contributed by atoms with E-state index >= 15 is 0 Å². The summed E-state index contributed by atoms with van der Waals surface area (Å²) in [6.07, 6.45) is -49.5. The maximum absolute atomic E-state index is 14.8. The zero-order valence-corrected chi connectivity index (χ0v) is 25.3. The first-order valence-corrected chi connectivity index (χ1v) is 15.3.